The van der Waals surface area contributed by atoms with Gasteiger partial charge in [-0.05, 0) is 36.2 Å². The number of hydrogen-bond acceptors (Lipinski definition) is 3. The highest BCUT2D eigenvalue weighted by Gasteiger charge is 2.23. The second-order valence-corrected chi connectivity index (χ2v) is 10.6. The van der Waals surface area contributed by atoms with E-state index in [1.807, 2.05) is 12.3 Å². The molecule has 0 heterocycles. The summed E-state index contributed by atoms with van der Waals surface area (Å²) < 4.78 is 0. The first-order valence-electron chi connectivity index (χ1n) is 12.2. The van der Waals surface area contributed by atoms with E-state index in [1.165, 1.54) is 15.9 Å². The number of hydrazine groups is 1. The highest BCUT2D eigenvalue weighted by Crippen LogP contribution is 2.33. The molecule has 0 saturated heterocycles. The Labute approximate surface area is 205 Å². The third-order valence-electron chi connectivity index (χ3n) is 5.90. The maximum atomic E-state index is 12.9. The molecule has 2 N–H and O–H groups in total. The molecule has 0 bridgehead atoms. The van der Waals surface area contributed by atoms with Gasteiger partial charge in [0.25, 0.3) is 5.91 Å². The Morgan fingerprint density at radius 3 is 2.09 bits per heavy atom. The van der Waals surface area contributed by atoms with Crippen molar-refractivity contribution >= 4 is 36.0 Å². The van der Waals surface area contributed by atoms with Crippen LogP contribution < -0.4 is 26.8 Å². The van der Waals surface area contributed by atoms with Crippen LogP contribution >= 0.6 is 7.92 Å². The maximum Gasteiger partial charge on any atom is 0.259 e. The van der Waals surface area contributed by atoms with Gasteiger partial charge in [-0.2, -0.15) is 0 Å². The van der Waals surface area contributed by atoms with Crippen LogP contribution in [-0.2, 0) is 4.79 Å². The second-order valence-electron chi connectivity index (χ2n) is 8.44. The summed E-state index contributed by atoms with van der Waals surface area (Å²) in [7, 11) is -0.750. The Kier molecular flexibility index (Phi) is 10.5. The molecule has 0 spiro atoms. The molecule has 0 aliphatic heterocycles. The van der Waals surface area contributed by atoms with Crippen molar-refractivity contribution in [1.29, 1.82) is 0 Å². The average Bonchev–Trinajstić information content (AvgIpc) is 2.89. The van der Waals surface area contributed by atoms with Crippen molar-refractivity contribution in [3.63, 3.8) is 0 Å². The number of carbonyl (C=O) groups is 1. The predicted octanol–water partition coefficient (Wildman–Crippen LogP) is 4.70. The van der Waals surface area contributed by atoms with E-state index in [0.717, 1.165) is 31.4 Å². The second kappa shape index (κ2) is 13.8. The van der Waals surface area contributed by atoms with Crippen LogP contribution in [0.2, 0.25) is 0 Å². The van der Waals surface area contributed by atoms with E-state index in [4.69, 9.17) is 4.99 Å². The monoisotopic (exact) mass is 473 g/mol. The summed E-state index contributed by atoms with van der Waals surface area (Å²) in [5, 5.41) is 3.82. The van der Waals surface area contributed by atoms with Crippen LogP contribution in [0.5, 0.6) is 0 Å². The fourth-order valence-electron chi connectivity index (χ4n) is 3.73. The topological polar surface area (TPSA) is 53.5 Å². The van der Waals surface area contributed by atoms with Crippen molar-refractivity contribution in [3.8, 4) is 0 Å². The summed E-state index contributed by atoms with van der Waals surface area (Å²) in [5.74, 6) is 0.0636. The summed E-state index contributed by atoms with van der Waals surface area (Å²) in [6.07, 6.45) is 4.89. The molecule has 34 heavy (non-hydrogen) atoms. The molecule has 2 atom stereocenters. The van der Waals surface area contributed by atoms with Gasteiger partial charge in [0.2, 0.25) is 0 Å². The molecule has 0 saturated carbocycles. The zero-order valence-electron chi connectivity index (χ0n) is 20.4. The number of nitrogens with one attached hydrogen (secondary N) is 2. The van der Waals surface area contributed by atoms with E-state index in [2.05, 4.69) is 110 Å². The first-order valence-corrected chi connectivity index (χ1v) is 13.5. The van der Waals surface area contributed by atoms with Crippen LogP contribution in [0.15, 0.2) is 89.9 Å². The Hall–Kier alpha value is -2.81. The number of aliphatic imine (C=N–C) groups is 1. The molecule has 3 aromatic carbocycles. The van der Waals surface area contributed by atoms with Gasteiger partial charge in [-0.1, -0.05) is 119 Å². The Bertz CT molecular complexity index is 1000. The SMILES string of the molecule is CCCCNNC(=O)C(N=Cc1ccccc1P(c1ccccc1)c1ccccc1)C(C)CC. The summed E-state index contributed by atoms with van der Waals surface area (Å²) >= 11 is 0. The fraction of sp³-hybridized carbons (Fsp3) is 0.310. The molecule has 0 aromatic heterocycles. The fourth-order valence-corrected chi connectivity index (χ4v) is 6.15. The first kappa shape index (κ1) is 25.8. The minimum Gasteiger partial charge on any atom is -0.290 e. The molecule has 1 amide bonds. The van der Waals surface area contributed by atoms with E-state index in [-0.39, 0.29) is 11.8 Å². The van der Waals surface area contributed by atoms with E-state index in [0.29, 0.717) is 0 Å². The van der Waals surface area contributed by atoms with E-state index in [9.17, 15) is 4.79 Å². The van der Waals surface area contributed by atoms with Gasteiger partial charge >= 0.3 is 0 Å². The minimum atomic E-state index is -0.750. The lowest BCUT2D eigenvalue weighted by Gasteiger charge is -2.22. The van der Waals surface area contributed by atoms with Gasteiger partial charge in [-0.3, -0.25) is 15.2 Å². The van der Waals surface area contributed by atoms with Crippen LogP contribution in [0, 0.1) is 5.92 Å². The van der Waals surface area contributed by atoms with Crippen molar-refractivity contribution in [2.24, 2.45) is 10.9 Å². The van der Waals surface area contributed by atoms with Gasteiger partial charge in [-0.15, -0.1) is 0 Å². The molecule has 3 rings (SSSR count). The summed E-state index contributed by atoms with van der Waals surface area (Å²) in [5.41, 5.74) is 6.96. The molecule has 0 fully saturated rings. The lowest BCUT2D eigenvalue weighted by Crippen LogP contribution is -2.45. The molecular formula is C29H36N3OP. The zero-order valence-corrected chi connectivity index (χ0v) is 21.3. The van der Waals surface area contributed by atoms with Crippen LogP contribution in [0.4, 0.5) is 0 Å². The quantitative estimate of drug-likeness (QED) is 0.173. The number of rotatable bonds is 12. The van der Waals surface area contributed by atoms with Gasteiger partial charge < -0.3 is 0 Å². The molecule has 5 heteroatoms. The third kappa shape index (κ3) is 7.09. The largest absolute Gasteiger partial charge is 0.290 e. The highest BCUT2D eigenvalue weighted by atomic mass is 31.1. The number of nitrogens with zero attached hydrogens (tertiary/aromatic N) is 1. The van der Waals surface area contributed by atoms with Crippen LogP contribution in [-0.4, -0.2) is 24.7 Å². The smallest absolute Gasteiger partial charge is 0.259 e. The van der Waals surface area contributed by atoms with Crippen molar-refractivity contribution in [2.45, 2.75) is 46.1 Å². The number of benzene rings is 3. The van der Waals surface area contributed by atoms with Crippen molar-refractivity contribution in [1.82, 2.24) is 10.9 Å². The molecular weight excluding hydrogens is 437 g/mol. The number of amides is 1. The average molecular weight is 474 g/mol. The highest BCUT2D eigenvalue weighted by molar-refractivity contribution is 7.80. The Balaban J connectivity index is 1.94. The predicted molar refractivity (Wildman–Crippen MR) is 147 cm³/mol. The normalized spacial score (nSPS) is 13.2. The number of carbonyl (C=O) groups excluding carboxylic acids is 1. The molecule has 2 unspecified atom stereocenters. The van der Waals surface area contributed by atoms with E-state index < -0.39 is 14.0 Å². The van der Waals surface area contributed by atoms with Gasteiger partial charge in [0.15, 0.2) is 0 Å². The lowest BCUT2D eigenvalue weighted by molar-refractivity contribution is -0.124. The van der Waals surface area contributed by atoms with Crippen LogP contribution in [0.3, 0.4) is 0 Å². The molecule has 4 nitrogen and oxygen atoms in total. The summed E-state index contributed by atoms with van der Waals surface area (Å²) in [6.45, 7) is 7.08. The van der Waals surface area contributed by atoms with E-state index >= 15 is 0 Å². The molecule has 0 aliphatic rings. The van der Waals surface area contributed by atoms with Crippen LogP contribution in [0.25, 0.3) is 0 Å². The third-order valence-corrected chi connectivity index (χ3v) is 8.42. The van der Waals surface area contributed by atoms with E-state index in [1.54, 1.807) is 0 Å². The summed E-state index contributed by atoms with van der Waals surface area (Å²) in [4.78, 5) is 17.7. The first-order chi connectivity index (χ1) is 16.7. The van der Waals surface area contributed by atoms with Crippen molar-refractivity contribution in [3.05, 3.63) is 90.5 Å². The van der Waals surface area contributed by atoms with Crippen molar-refractivity contribution in [2.75, 3.05) is 6.54 Å². The zero-order chi connectivity index (χ0) is 24.2. The number of hydrogen-bond donors (Lipinski definition) is 2. The van der Waals surface area contributed by atoms with Gasteiger partial charge in [0.1, 0.15) is 6.04 Å². The molecule has 0 radical (unpaired) electrons. The standard InChI is InChI=1S/C29H36N3OP/c1-4-6-21-31-32-29(33)28(23(3)5-2)30-22-24-15-13-14-20-27(24)34(25-16-9-7-10-17-25)26-18-11-8-12-19-26/h7-20,22-23,28,31H,4-6,21H2,1-3H3,(H,32,33). The van der Waals surface area contributed by atoms with Gasteiger partial charge in [0, 0.05) is 18.3 Å². The Morgan fingerprint density at radius 2 is 1.50 bits per heavy atom. The summed E-state index contributed by atoms with van der Waals surface area (Å²) in [6, 6.07) is 29.3. The van der Waals surface area contributed by atoms with Gasteiger partial charge in [-0.25, -0.2) is 5.43 Å². The Morgan fingerprint density at radius 1 is 0.912 bits per heavy atom. The molecule has 3 aromatic rings. The van der Waals surface area contributed by atoms with Crippen LogP contribution in [0.1, 0.15) is 45.6 Å². The lowest BCUT2D eigenvalue weighted by atomic mass is 9.99. The maximum absolute atomic E-state index is 12.9. The molecule has 178 valence electrons. The molecule has 0 aliphatic carbocycles. The van der Waals surface area contributed by atoms with Crippen molar-refractivity contribution < 1.29 is 4.79 Å². The van der Waals surface area contributed by atoms with Gasteiger partial charge in [0.05, 0.1) is 0 Å². The number of unbranched alkanes of at least 4 members (excludes halogenated alkanes) is 1. The minimum absolute atomic E-state index is 0.0763.